The van der Waals surface area contributed by atoms with Gasteiger partial charge in [0.05, 0.1) is 62.0 Å². The molecule has 8 fully saturated rings. The number of hydrogen-bond donors (Lipinski definition) is 0. The summed E-state index contributed by atoms with van der Waals surface area (Å²) in [7, 11) is 0. The average molecular weight is 651 g/mol. The summed E-state index contributed by atoms with van der Waals surface area (Å²) in [5.74, 6) is 3.52. The predicted octanol–water partition coefficient (Wildman–Crippen LogP) is 9.70. The third kappa shape index (κ3) is 13.6. The average Bonchev–Trinajstić information content (AvgIpc) is 3.86. The van der Waals surface area contributed by atoms with Crippen LogP contribution in [-0.4, -0.2) is 74.8 Å². The van der Waals surface area contributed by atoms with Crippen LogP contribution in [0.2, 0.25) is 0 Å². The molecule has 6 nitrogen and oxygen atoms in total. The van der Waals surface area contributed by atoms with E-state index in [9.17, 15) is 0 Å². The molecule has 11 unspecified atom stereocenters. The van der Waals surface area contributed by atoms with E-state index in [0.717, 1.165) is 50.1 Å². The molecule has 3 saturated carbocycles. The van der Waals surface area contributed by atoms with Crippen LogP contribution in [0.5, 0.6) is 0 Å². The molecule has 46 heavy (non-hydrogen) atoms. The van der Waals surface area contributed by atoms with Crippen LogP contribution in [0, 0.1) is 23.7 Å². The SMILES string of the molecule is CC(C)C1CCCC2OC21C.CCC1CCCC2OC12.CCCC1CCC2OC2C1.CCCCC1CO1.CCCCOCC1CO1. The Morgan fingerprint density at radius 1 is 0.739 bits per heavy atom. The highest BCUT2D eigenvalue weighted by Gasteiger charge is 2.59. The van der Waals surface area contributed by atoms with E-state index in [1.54, 1.807) is 0 Å². The molecule has 3 aliphatic carbocycles. The second-order valence-corrected chi connectivity index (χ2v) is 16.0. The minimum absolute atomic E-state index is 0.284. The van der Waals surface area contributed by atoms with Crippen molar-refractivity contribution in [3.63, 3.8) is 0 Å². The fraction of sp³-hybridized carbons (Fsp3) is 1.00. The molecule has 0 amide bonds. The molecule has 270 valence electrons. The van der Waals surface area contributed by atoms with E-state index >= 15 is 0 Å². The van der Waals surface area contributed by atoms with Crippen molar-refractivity contribution in [1.29, 1.82) is 0 Å². The van der Waals surface area contributed by atoms with Crippen molar-refractivity contribution < 1.29 is 28.4 Å². The Balaban J connectivity index is 0.000000131. The highest BCUT2D eigenvalue weighted by molar-refractivity contribution is 5.07. The molecule has 0 bridgehead atoms. The van der Waals surface area contributed by atoms with Crippen LogP contribution >= 0.6 is 0 Å². The molecular weight excluding hydrogens is 576 g/mol. The summed E-state index contributed by atoms with van der Waals surface area (Å²) in [6, 6.07) is 0. The van der Waals surface area contributed by atoms with Crippen molar-refractivity contribution in [2.24, 2.45) is 23.7 Å². The van der Waals surface area contributed by atoms with E-state index < -0.39 is 0 Å². The first-order valence-corrected chi connectivity index (χ1v) is 20.1. The Morgan fingerprint density at radius 2 is 1.48 bits per heavy atom. The molecule has 5 aliphatic heterocycles. The Morgan fingerprint density at radius 3 is 2.07 bits per heavy atom. The predicted molar refractivity (Wildman–Crippen MR) is 187 cm³/mol. The molecule has 11 atom stereocenters. The van der Waals surface area contributed by atoms with Crippen LogP contribution in [0.1, 0.15) is 158 Å². The van der Waals surface area contributed by atoms with Gasteiger partial charge in [0, 0.05) is 6.61 Å². The van der Waals surface area contributed by atoms with E-state index in [1.807, 2.05) is 0 Å². The molecule has 8 rings (SSSR count). The molecule has 5 saturated heterocycles. The summed E-state index contributed by atoms with van der Waals surface area (Å²) in [6.07, 6.45) is 27.2. The van der Waals surface area contributed by atoms with Gasteiger partial charge in [0.1, 0.15) is 6.10 Å². The number of fused-ring (bicyclic) bond motifs is 3. The van der Waals surface area contributed by atoms with Gasteiger partial charge in [-0.05, 0) is 88.4 Å². The monoisotopic (exact) mass is 651 g/mol. The normalized spacial score (nSPS) is 39.9. The van der Waals surface area contributed by atoms with Crippen molar-refractivity contribution in [3.05, 3.63) is 0 Å². The zero-order chi connectivity index (χ0) is 32.9. The zero-order valence-corrected chi connectivity index (χ0v) is 31.1. The quantitative estimate of drug-likeness (QED) is 0.155. The smallest absolute Gasteiger partial charge is 0.104 e. The maximum Gasteiger partial charge on any atom is 0.104 e. The van der Waals surface area contributed by atoms with Gasteiger partial charge in [0.15, 0.2) is 0 Å². The highest BCUT2D eigenvalue weighted by atomic mass is 16.6. The summed E-state index contributed by atoms with van der Waals surface area (Å²) >= 11 is 0. The van der Waals surface area contributed by atoms with Crippen molar-refractivity contribution in [2.45, 2.75) is 206 Å². The van der Waals surface area contributed by atoms with Gasteiger partial charge in [0.2, 0.25) is 0 Å². The van der Waals surface area contributed by atoms with E-state index in [1.165, 1.54) is 109 Å². The lowest BCUT2D eigenvalue weighted by Crippen LogP contribution is -2.31. The number of unbranched alkanes of at least 4 members (excludes halogenated alkanes) is 2. The maximum atomic E-state index is 5.74. The fourth-order valence-corrected chi connectivity index (χ4v) is 8.18. The van der Waals surface area contributed by atoms with Crippen LogP contribution in [0.25, 0.3) is 0 Å². The number of epoxide rings is 5. The van der Waals surface area contributed by atoms with Crippen LogP contribution < -0.4 is 0 Å². The molecule has 0 aromatic heterocycles. The first kappa shape index (κ1) is 38.6. The molecule has 0 N–H and O–H groups in total. The first-order chi connectivity index (χ1) is 22.3. The van der Waals surface area contributed by atoms with Crippen molar-refractivity contribution in [3.8, 4) is 0 Å². The van der Waals surface area contributed by atoms with Crippen molar-refractivity contribution >= 4 is 0 Å². The molecule has 5 heterocycles. The van der Waals surface area contributed by atoms with Gasteiger partial charge in [-0.2, -0.15) is 0 Å². The lowest BCUT2D eigenvalue weighted by molar-refractivity contribution is 0.114. The van der Waals surface area contributed by atoms with Crippen molar-refractivity contribution in [1.82, 2.24) is 0 Å². The van der Waals surface area contributed by atoms with E-state index in [2.05, 4.69) is 48.5 Å². The van der Waals surface area contributed by atoms with Gasteiger partial charge in [-0.1, -0.05) is 92.9 Å². The van der Waals surface area contributed by atoms with Crippen molar-refractivity contribution in [2.75, 3.05) is 26.4 Å². The van der Waals surface area contributed by atoms with Crippen LogP contribution in [0.15, 0.2) is 0 Å². The summed E-state index contributed by atoms with van der Waals surface area (Å²) in [5.41, 5.74) is 0.284. The van der Waals surface area contributed by atoms with Crippen LogP contribution in [-0.2, 0) is 28.4 Å². The second kappa shape index (κ2) is 19.8. The van der Waals surface area contributed by atoms with Gasteiger partial charge in [-0.3, -0.25) is 0 Å². The molecular formula is C40H74O6. The lowest BCUT2D eigenvalue weighted by Gasteiger charge is -2.28. The molecule has 8 aliphatic rings. The van der Waals surface area contributed by atoms with Gasteiger partial charge in [0.25, 0.3) is 0 Å². The Labute approximate surface area is 284 Å². The third-order valence-electron chi connectivity index (χ3n) is 11.6. The maximum absolute atomic E-state index is 5.74. The summed E-state index contributed by atoms with van der Waals surface area (Å²) in [6.45, 7) is 19.5. The van der Waals surface area contributed by atoms with Gasteiger partial charge >= 0.3 is 0 Å². The first-order valence-electron chi connectivity index (χ1n) is 20.1. The fourth-order valence-electron chi connectivity index (χ4n) is 8.18. The molecule has 0 radical (unpaired) electrons. The summed E-state index contributed by atoms with van der Waals surface area (Å²) in [5, 5.41) is 0. The van der Waals surface area contributed by atoms with Gasteiger partial charge in [-0.25, -0.2) is 0 Å². The standard InChI is InChI=1S/C10H18O.C9H16O.C8H14O.C7H14O2.C6H12O/c1-7(2)8-5-4-6-9-10(8,3)11-9;1-2-3-7-4-5-8-9(6-7)10-8;1-2-6-4-3-5-7-8(6)9-7;1-2-3-4-8-5-7-6-9-7;1-2-3-4-6-5-7-6/h7-9H,4-6H2,1-3H3;7-9H,2-6H2,1H3;6-8H,2-5H2,1H3;7H,2-6H2,1H3;6H,2-5H2,1H3. The highest BCUT2D eigenvalue weighted by Crippen LogP contribution is 2.53. The van der Waals surface area contributed by atoms with E-state index in [-0.39, 0.29) is 5.60 Å². The minimum Gasteiger partial charge on any atom is -0.379 e. The molecule has 0 aromatic carbocycles. The lowest BCUT2D eigenvalue weighted by atomic mass is 9.74. The summed E-state index contributed by atoms with van der Waals surface area (Å²) < 4.78 is 31.9. The third-order valence-corrected chi connectivity index (χ3v) is 11.6. The second-order valence-electron chi connectivity index (χ2n) is 16.0. The molecule has 6 heteroatoms. The van der Waals surface area contributed by atoms with Gasteiger partial charge < -0.3 is 28.4 Å². The molecule has 0 aromatic rings. The largest absolute Gasteiger partial charge is 0.379 e. The minimum atomic E-state index is 0.284. The topological polar surface area (TPSA) is 71.9 Å². The van der Waals surface area contributed by atoms with E-state index in [0.29, 0.717) is 42.7 Å². The zero-order valence-electron chi connectivity index (χ0n) is 31.1. The number of hydrogen-bond acceptors (Lipinski definition) is 6. The van der Waals surface area contributed by atoms with Crippen LogP contribution in [0.4, 0.5) is 0 Å². The Bertz CT molecular complexity index is 814. The number of rotatable bonds is 12. The van der Waals surface area contributed by atoms with Crippen LogP contribution in [0.3, 0.4) is 0 Å². The summed E-state index contributed by atoms with van der Waals surface area (Å²) in [4.78, 5) is 0. The Kier molecular flexibility index (Phi) is 16.6. The Hall–Kier alpha value is -0.240. The molecule has 0 spiro atoms. The van der Waals surface area contributed by atoms with Gasteiger partial charge in [-0.15, -0.1) is 0 Å². The van der Waals surface area contributed by atoms with E-state index in [4.69, 9.17) is 28.4 Å². The number of ether oxygens (including phenoxy) is 6.